The highest BCUT2D eigenvalue weighted by Gasteiger charge is 2.16. The van der Waals surface area contributed by atoms with Gasteiger partial charge in [-0.25, -0.2) is 0 Å². The van der Waals surface area contributed by atoms with Crippen molar-refractivity contribution in [1.82, 2.24) is 4.98 Å². The van der Waals surface area contributed by atoms with Crippen LogP contribution in [0.25, 0.3) is 55.3 Å². The molecule has 44 heavy (non-hydrogen) atoms. The maximum Gasteiger partial charge on any atom is 0.153 e. The lowest BCUT2D eigenvalue weighted by atomic mass is 10.0. The van der Waals surface area contributed by atoms with Gasteiger partial charge in [0.15, 0.2) is 5.58 Å². The van der Waals surface area contributed by atoms with E-state index in [-0.39, 0.29) is 0 Å². The molecule has 3 nitrogen and oxygen atoms in total. The van der Waals surface area contributed by atoms with Crippen molar-refractivity contribution < 1.29 is 4.42 Å². The maximum absolute atomic E-state index is 6.34. The van der Waals surface area contributed by atoms with Crippen LogP contribution in [0.2, 0.25) is 0 Å². The van der Waals surface area contributed by atoms with Gasteiger partial charge in [0.05, 0.1) is 6.20 Å². The molecule has 0 fully saturated rings. The molecule has 0 atom stereocenters. The molecule has 208 valence electrons. The fourth-order valence-corrected chi connectivity index (χ4v) is 6.01. The Kier molecular flexibility index (Phi) is 6.47. The third kappa shape index (κ3) is 4.71. The van der Waals surface area contributed by atoms with E-state index in [4.69, 9.17) is 4.42 Å². The monoisotopic (exact) mass is 564 g/mol. The summed E-state index contributed by atoms with van der Waals surface area (Å²) < 4.78 is 6.34. The molecule has 0 unspecified atom stereocenters. The predicted octanol–water partition coefficient (Wildman–Crippen LogP) is 11.5. The van der Waals surface area contributed by atoms with Crippen LogP contribution in [0.1, 0.15) is 0 Å². The van der Waals surface area contributed by atoms with Crippen molar-refractivity contribution >= 4 is 39.0 Å². The van der Waals surface area contributed by atoms with E-state index in [1.54, 1.807) is 6.20 Å². The standard InChI is InChI=1S/C41H28N2O/c1-3-9-29(10-4-1)31-17-21-34(22-18-31)43(35-23-19-32(20-24-35)30-11-5-2-6-12-30)36-14-7-13-33(27-36)37-15-8-16-39-38-25-26-42-28-40(38)44-41(37)39/h1-28H. The van der Waals surface area contributed by atoms with E-state index in [0.717, 1.165) is 50.1 Å². The van der Waals surface area contributed by atoms with Crippen molar-refractivity contribution in [3.05, 3.63) is 170 Å². The number of hydrogen-bond donors (Lipinski definition) is 0. The summed E-state index contributed by atoms with van der Waals surface area (Å²) in [6.07, 6.45) is 3.60. The molecule has 2 heterocycles. The Balaban J connectivity index is 1.24. The van der Waals surface area contributed by atoms with Gasteiger partial charge in [0.2, 0.25) is 0 Å². The first kappa shape index (κ1) is 25.8. The van der Waals surface area contributed by atoms with Gasteiger partial charge in [-0.15, -0.1) is 0 Å². The lowest BCUT2D eigenvalue weighted by Crippen LogP contribution is -2.10. The SMILES string of the molecule is c1ccc(-c2ccc(N(c3ccc(-c4ccccc4)cc3)c3cccc(-c4cccc5c4oc4cnccc45)c3)cc2)cc1. The largest absolute Gasteiger partial charge is 0.454 e. The highest BCUT2D eigenvalue weighted by molar-refractivity contribution is 6.09. The van der Waals surface area contributed by atoms with Crippen molar-refractivity contribution in [2.75, 3.05) is 4.90 Å². The van der Waals surface area contributed by atoms with E-state index in [1.807, 2.05) is 12.3 Å². The van der Waals surface area contributed by atoms with Gasteiger partial charge in [-0.2, -0.15) is 0 Å². The normalized spacial score (nSPS) is 11.2. The fourth-order valence-electron chi connectivity index (χ4n) is 6.01. The first-order valence-electron chi connectivity index (χ1n) is 14.8. The third-order valence-corrected chi connectivity index (χ3v) is 8.18. The molecule has 0 saturated heterocycles. The van der Waals surface area contributed by atoms with Crippen LogP contribution in [-0.4, -0.2) is 4.98 Å². The minimum atomic E-state index is 0.796. The second-order valence-electron chi connectivity index (χ2n) is 10.9. The molecule has 8 rings (SSSR count). The number of aromatic nitrogens is 1. The van der Waals surface area contributed by atoms with Crippen molar-refractivity contribution in [1.29, 1.82) is 0 Å². The number of fused-ring (bicyclic) bond motifs is 3. The van der Waals surface area contributed by atoms with Crippen LogP contribution >= 0.6 is 0 Å². The minimum absolute atomic E-state index is 0.796. The molecule has 0 bridgehead atoms. The fraction of sp³-hybridized carbons (Fsp3) is 0. The molecule has 0 aliphatic heterocycles. The quantitative estimate of drug-likeness (QED) is 0.201. The summed E-state index contributed by atoms with van der Waals surface area (Å²) in [4.78, 5) is 6.58. The summed E-state index contributed by atoms with van der Waals surface area (Å²) in [5.41, 5.74) is 11.8. The van der Waals surface area contributed by atoms with Crippen LogP contribution in [0, 0.1) is 0 Å². The van der Waals surface area contributed by atoms with Crippen LogP contribution in [0.3, 0.4) is 0 Å². The number of rotatable bonds is 6. The zero-order valence-electron chi connectivity index (χ0n) is 24.0. The molecule has 0 saturated carbocycles. The smallest absolute Gasteiger partial charge is 0.153 e. The number of para-hydroxylation sites is 1. The number of hydrogen-bond acceptors (Lipinski definition) is 3. The highest BCUT2D eigenvalue weighted by Crippen LogP contribution is 2.40. The molecular weight excluding hydrogens is 536 g/mol. The molecule has 2 aromatic heterocycles. The summed E-state index contributed by atoms with van der Waals surface area (Å²) in [5.74, 6) is 0. The zero-order valence-corrected chi connectivity index (χ0v) is 24.0. The Morgan fingerprint density at radius 1 is 0.432 bits per heavy atom. The summed E-state index contributed by atoms with van der Waals surface area (Å²) in [7, 11) is 0. The number of anilines is 3. The average Bonchev–Trinajstić information content (AvgIpc) is 3.49. The molecule has 0 aliphatic carbocycles. The van der Waals surface area contributed by atoms with Gasteiger partial charge in [-0.05, 0) is 70.3 Å². The number of pyridine rings is 1. The van der Waals surface area contributed by atoms with Crippen molar-refractivity contribution in [2.24, 2.45) is 0 Å². The second kappa shape index (κ2) is 11.0. The van der Waals surface area contributed by atoms with Crippen molar-refractivity contribution in [3.8, 4) is 33.4 Å². The molecule has 0 N–H and O–H groups in total. The lowest BCUT2D eigenvalue weighted by Gasteiger charge is -2.26. The lowest BCUT2D eigenvalue weighted by molar-refractivity contribution is 0.668. The Labute approximate surface area is 256 Å². The average molecular weight is 565 g/mol. The Bertz CT molecular complexity index is 2120. The summed E-state index contributed by atoms with van der Waals surface area (Å²) in [6, 6.07) is 55.6. The molecule has 0 amide bonds. The number of nitrogens with zero attached hydrogens (tertiary/aromatic N) is 2. The summed E-state index contributed by atoms with van der Waals surface area (Å²) >= 11 is 0. The van der Waals surface area contributed by atoms with E-state index in [1.165, 1.54) is 22.3 Å². The van der Waals surface area contributed by atoms with Gasteiger partial charge in [0.25, 0.3) is 0 Å². The number of furan rings is 1. The van der Waals surface area contributed by atoms with Crippen molar-refractivity contribution in [2.45, 2.75) is 0 Å². The molecular formula is C41H28N2O. The van der Waals surface area contributed by atoms with Gasteiger partial charge in [0, 0.05) is 39.6 Å². The number of benzene rings is 6. The van der Waals surface area contributed by atoms with Crippen LogP contribution in [-0.2, 0) is 0 Å². The van der Waals surface area contributed by atoms with Gasteiger partial charge in [-0.1, -0.05) is 115 Å². The zero-order chi connectivity index (χ0) is 29.3. The van der Waals surface area contributed by atoms with E-state index < -0.39 is 0 Å². The van der Waals surface area contributed by atoms with Gasteiger partial charge < -0.3 is 9.32 Å². The van der Waals surface area contributed by atoms with Crippen LogP contribution in [0.4, 0.5) is 17.1 Å². The molecule has 6 aromatic carbocycles. The molecule has 0 radical (unpaired) electrons. The predicted molar refractivity (Wildman–Crippen MR) is 183 cm³/mol. The van der Waals surface area contributed by atoms with Crippen LogP contribution in [0.5, 0.6) is 0 Å². The topological polar surface area (TPSA) is 29.3 Å². The van der Waals surface area contributed by atoms with Gasteiger partial charge in [0.1, 0.15) is 5.58 Å². The Hall–Kier alpha value is -5.93. The van der Waals surface area contributed by atoms with Crippen molar-refractivity contribution in [3.63, 3.8) is 0 Å². The van der Waals surface area contributed by atoms with E-state index in [2.05, 4.69) is 162 Å². The van der Waals surface area contributed by atoms with Gasteiger partial charge in [-0.3, -0.25) is 4.98 Å². The molecule has 0 aliphatic rings. The Morgan fingerprint density at radius 2 is 1.00 bits per heavy atom. The first-order chi connectivity index (χ1) is 21.8. The minimum Gasteiger partial charge on any atom is -0.454 e. The van der Waals surface area contributed by atoms with Crippen LogP contribution < -0.4 is 4.90 Å². The third-order valence-electron chi connectivity index (χ3n) is 8.18. The molecule has 8 aromatic rings. The second-order valence-corrected chi connectivity index (χ2v) is 10.9. The summed E-state index contributed by atoms with van der Waals surface area (Å²) in [6.45, 7) is 0. The van der Waals surface area contributed by atoms with Crippen LogP contribution in [0.15, 0.2) is 175 Å². The highest BCUT2D eigenvalue weighted by atomic mass is 16.3. The van der Waals surface area contributed by atoms with E-state index in [0.29, 0.717) is 0 Å². The Morgan fingerprint density at radius 3 is 1.64 bits per heavy atom. The first-order valence-corrected chi connectivity index (χ1v) is 14.8. The van der Waals surface area contributed by atoms with E-state index in [9.17, 15) is 0 Å². The molecule has 3 heteroatoms. The maximum atomic E-state index is 6.34. The molecule has 0 spiro atoms. The van der Waals surface area contributed by atoms with Gasteiger partial charge >= 0.3 is 0 Å². The van der Waals surface area contributed by atoms with E-state index >= 15 is 0 Å². The summed E-state index contributed by atoms with van der Waals surface area (Å²) in [5, 5.41) is 2.17.